The molecule has 0 aliphatic carbocycles. The molecule has 0 aliphatic heterocycles. The Morgan fingerprint density at radius 3 is 2.50 bits per heavy atom. The van der Waals surface area contributed by atoms with Crippen LogP contribution in [0.25, 0.3) is 0 Å². The number of pyridine rings is 1. The molecule has 0 bridgehead atoms. The van der Waals surface area contributed by atoms with Gasteiger partial charge in [-0.3, -0.25) is 0 Å². The Kier molecular flexibility index (Phi) is 5.53. The number of hydrogen-bond donors (Lipinski definition) is 1. The molecule has 0 spiro atoms. The van der Waals surface area contributed by atoms with E-state index in [9.17, 15) is 26.0 Å². The van der Waals surface area contributed by atoms with Crippen molar-refractivity contribution < 1.29 is 26.0 Å². The Morgan fingerprint density at radius 2 is 1.92 bits per heavy atom. The largest absolute Gasteiger partial charge is 0.416 e. The van der Waals surface area contributed by atoms with Crippen molar-refractivity contribution in [2.24, 2.45) is 0 Å². The van der Waals surface area contributed by atoms with E-state index in [1.165, 1.54) is 6.07 Å². The normalized spacial score (nSPS) is 12.4. The summed E-state index contributed by atoms with van der Waals surface area (Å²) in [6, 6.07) is 2.93. The van der Waals surface area contributed by atoms with Gasteiger partial charge >= 0.3 is 6.18 Å². The second kappa shape index (κ2) is 6.95. The number of sulfonamides is 1. The maximum atomic E-state index is 13.6. The minimum absolute atomic E-state index is 0.0397. The zero-order valence-corrected chi connectivity index (χ0v) is 14.7. The molecule has 130 valence electrons. The first-order valence-corrected chi connectivity index (χ1v) is 8.82. The highest BCUT2D eigenvalue weighted by Gasteiger charge is 2.31. The second-order valence-corrected chi connectivity index (χ2v) is 7.55. The fourth-order valence-electron chi connectivity index (χ4n) is 1.69. The van der Waals surface area contributed by atoms with Crippen LogP contribution >= 0.6 is 27.5 Å². The lowest BCUT2D eigenvalue weighted by Crippen LogP contribution is -2.24. The van der Waals surface area contributed by atoms with Gasteiger partial charge in [0.05, 0.1) is 10.0 Å². The molecule has 2 aromatic rings. The molecule has 1 aromatic carbocycles. The van der Waals surface area contributed by atoms with Crippen molar-refractivity contribution in [3.05, 3.63) is 57.0 Å². The third kappa shape index (κ3) is 4.44. The van der Waals surface area contributed by atoms with Gasteiger partial charge in [0.2, 0.25) is 10.0 Å². The van der Waals surface area contributed by atoms with Crippen LogP contribution in [0.3, 0.4) is 0 Å². The van der Waals surface area contributed by atoms with Gasteiger partial charge in [0, 0.05) is 18.3 Å². The van der Waals surface area contributed by atoms with Crippen molar-refractivity contribution in [1.82, 2.24) is 9.71 Å². The van der Waals surface area contributed by atoms with E-state index in [-0.39, 0.29) is 14.5 Å². The van der Waals surface area contributed by atoms with Gasteiger partial charge in [0.25, 0.3) is 0 Å². The van der Waals surface area contributed by atoms with Crippen LogP contribution in [0.1, 0.15) is 11.1 Å². The lowest BCUT2D eigenvalue weighted by Gasteiger charge is -2.11. The molecule has 1 N–H and O–H groups in total. The zero-order chi connectivity index (χ0) is 18.1. The van der Waals surface area contributed by atoms with Crippen LogP contribution in [-0.4, -0.2) is 13.4 Å². The maximum absolute atomic E-state index is 13.6. The van der Waals surface area contributed by atoms with Crippen LogP contribution in [0, 0.1) is 5.82 Å². The maximum Gasteiger partial charge on any atom is 0.416 e. The average molecular weight is 448 g/mol. The molecule has 0 saturated carbocycles. The number of benzene rings is 1. The number of rotatable bonds is 4. The predicted molar refractivity (Wildman–Crippen MR) is 82.4 cm³/mol. The fraction of sp³-hybridized carbons (Fsp3) is 0.154. The number of aromatic nitrogens is 1. The molecule has 1 aromatic heterocycles. The third-order valence-electron chi connectivity index (χ3n) is 2.91. The van der Waals surface area contributed by atoms with Crippen LogP contribution in [0.5, 0.6) is 0 Å². The number of alkyl halides is 3. The summed E-state index contributed by atoms with van der Waals surface area (Å²) in [5, 5.41) is 0.0397. The van der Waals surface area contributed by atoms with Gasteiger partial charge in [-0.25, -0.2) is 22.5 Å². The molecule has 0 aliphatic rings. The van der Waals surface area contributed by atoms with E-state index in [0.29, 0.717) is 18.2 Å². The van der Waals surface area contributed by atoms with E-state index in [2.05, 4.69) is 20.9 Å². The van der Waals surface area contributed by atoms with Crippen molar-refractivity contribution in [3.8, 4) is 0 Å². The standard InChI is InChI=1S/C13H8BrClF4N2O2S/c14-10-4-9(6-20-12(10)15)24(22,23)21-5-7-3-8(13(17,18)19)1-2-11(7)16/h1-4,6,21H,5H2. The van der Waals surface area contributed by atoms with Gasteiger partial charge in [-0.05, 0) is 40.2 Å². The van der Waals surface area contributed by atoms with Gasteiger partial charge in [-0.1, -0.05) is 11.6 Å². The van der Waals surface area contributed by atoms with Gasteiger partial charge < -0.3 is 0 Å². The minimum Gasteiger partial charge on any atom is -0.242 e. The summed E-state index contributed by atoms with van der Waals surface area (Å²) in [5.74, 6) is -0.957. The van der Waals surface area contributed by atoms with Gasteiger partial charge in [0.15, 0.2) is 0 Å². The molecule has 0 amide bonds. The number of nitrogens with zero attached hydrogens (tertiary/aromatic N) is 1. The Hall–Kier alpha value is -1.23. The Morgan fingerprint density at radius 1 is 1.25 bits per heavy atom. The quantitative estimate of drug-likeness (QED) is 0.566. The summed E-state index contributed by atoms with van der Waals surface area (Å²) in [6.07, 6.45) is -3.69. The Balaban J connectivity index is 2.25. The van der Waals surface area contributed by atoms with Crippen LogP contribution in [-0.2, 0) is 22.7 Å². The van der Waals surface area contributed by atoms with Crippen LogP contribution in [0.4, 0.5) is 17.6 Å². The van der Waals surface area contributed by atoms with E-state index in [1.54, 1.807) is 0 Å². The van der Waals surface area contributed by atoms with Gasteiger partial charge in [-0.2, -0.15) is 13.2 Å². The molecule has 0 radical (unpaired) electrons. The molecule has 0 atom stereocenters. The highest BCUT2D eigenvalue weighted by molar-refractivity contribution is 9.10. The number of hydrogen-bond acceptors (Lipinski definition) is 3. The molecule has 1 heterocycles. The molecular weight excluding hydrogens is 440 g/mol. The van der Waals surface area contributed by atoms with Crippen molar-refractivity contribution in [1.29, 1.82) is 0 Å². The summed E-state index contributed by atoms with van der Waals surface area (Å²) >= 11 is 8.66. The summed E-state index contributed by atoms with van der Waals surface area (Å²) in [5.41, 5.74) is -1.51. The smallest absolute Gasteiger partial charge is 0.242 e. The lowest BCUT2D eigenvalue weighted by atomic mass is 10.1. The third-order valence-corrected chi connectivity index (χ3v) is 5.41. The fourth-order valence-corrected chi connectivity index (χ4v) is 3.27. The first-order valence-electron chi connectivity index (χ1n) is 6.17. The first kappa shape index (κ1) is 19.1. The van der Waals surface area contributed by atoms with Crippen molar-refractivity contribution >= 4 is 37.6 Å². The van der Waals surface area contributed by atoms with Gasteiger partial charge in [0.1, 0.15) is 15.9 Å². The van der Waals surface area contributed by atoms with E-state index in [4.69, 9.17) is 11.6 Å². The Bertz CT molecular complexity index is 875. The number of nitrogens with one attached hydrogen (secondary N) is 1. The lowest BCUT2D eigenvalue weighted by molar-refractivity contribution is -0.137. The average Bonchev–Trinajstić information content (AvgIpc) is 2.48. The van der Waals surface area contributed by atoms with E-state index in [0.717, 1.165) is 6.20 Å². The highest BCUT2D eigenvalue weighted by Crippen LogP contribution is 2.30. The second-order valence-electron chi connectivity index (χ2n) is 4.57. The zero-order valence-electron chi connectivity index (χ0n) is 11.5. The SMILES string of the molecule is O=S(=O)(NCc1cc(C(F)(F)F)ccc1F)c1cnc(Cl)c(Br)c1. The Labute approximate surface area is 148 Å². The summed E-state index contributed by atoms with van der Waals surface area (Å²) < 4.78 is 78.0. The summed E-state index contributed by atoms with van der Waals surface area (Å²) in [7, 11) is -4.11. The molecule has 24 heavy (non-hydrogen) atoms. The van der Waals surface area contributed by atoms with Crippen molar-refractivity contribution in [2.45, 2.75) is 17.6 Å². The van der Waals surface area contributed by atoms with Crippen LogP contribution in [0.15, 0.2) is 39.8 Å². The predicted octanol–water partition coefficient (Wildman–Crippen LogP) is 4.13. The summed E-state index contributed by atoms with van der Waals surface area (Å²) in [6.45, 7) is -0.654. The highest BCUT2D eigenvalue weighted by atomic mass is 79.9. The van der Waals surface area contributed by atoms with Crippen molar-refractivity contribution in [2.75, 3.05) is 0 Å². The van der Waals surface area contributed by atoms with Gasteiger partial charge in [-0.15, -0.1) is 0 Å². The first-order chi connectivity index (χ1) is 11.0. The summed E-state index contributed by atoms with van der Waals surface area (Å²) in [4.78, 5) is 3.37. The molecule has 11 heteroatoms. The molecule has 0 saturated heterocycles. The van der Waals surface area contributed by atoms with E-state index in [1.807, 2.05) is 4.72 Å². The van der Waals surface area contributed by atoms with Crippen LogP contribution in [0.2, 0.25) is 5.15 Å². The number of halogens is 6. The molecule has 4 nitrogen and oxygen atoms in total. The monoisotopic (exact) mass is 446 g/mol. The minimum atomic E-state index is -4.66. The molecule has 0 unspecified atom stereocenters. The molecule has 0 fully saturated rings. The van der Waals surface area contributed by atoms with E-state index < -0.39 is 39.7 Å². The van der Waals surface area contributed by atoms with Crippen LogP contribution < -0.4 is 4.72 Å². The van der Waals surface area contributed by atoms with Crippen molar-refractivity contribution in [3.63, 3.8) is 0 Å². The molecular formula is C13H8BrClF4N2O2S. The topological polar surface area (TPSA) is 59.1 Å². The molecule has 2 rings (SSSR count). The van der Waals surface area contributed by atoms with E-state index >= 15 is 0 Å².